The zero-order valence-corrected chi connectivity index (χ0v) is 41.5. The number of piperazine rings is 1. The van der Waals surface area contributed by atoms with Crippen LogP contribution in [-0.4, -0.2) is 127 Å². The standard InChI is InChI=1S/C54H59N11O8/c1-30-27-60(33-10-13-62-34(21-33)11-18-73-45-23-38-37(22-42(45)62)50(69)65(51(38)70)41-6-8-47(67)58-49(41)68)14-15-61(30)35-5-7-46(56-26-35)57-40-19-32(28-59(4)52(40)71)36-9-12-55-48(39(36)29-66)64-17-16-63-43(53(64)72)20-31-24-54(2,3)25-44(31)63/h5,7,9,12,19-20,22-23,26,28,30,33-34,41,66H,6,8,10-11,13-18,21,24-25,27,29H2,1-4H3,(H,56,57)(H,58,67,68)/t30-,33+,34-,41?/m1/s1. The van der Waals surface area contributed by atoms with Crippen molar-refractivity contribution in [2.45, 2.75) is 103 Å². The Balaban J connectivity index is 0.698. The molecule has 10 heterocycles. The first kappa shape index (κ1) is 46.7. The van der Waals surface area contributed by atoms with Gasteiger partial charge < -0.3 is 34.1 Å². The van der Waals surface area contributed by atoms with Gasteiger partial charge in [-0.1, -0.05) is 13.8 Å². The minimum Gasteiger partial charge on any atom is -0.491 e. The Bertz CT molecular complexity index is 3220. The van der Waals surface area contributed by atoms with E-state index in [4.69, 9.17) is 9.72 Å². The molecule has 0 bridgehead atoms. The molecule has 0 saturated carbocycles. The molecule has 5 aromatic rings. The Kier molecular flexibility index (Phi) is 11.3. The fraction of sp³-hybridized carbons (Fsp3) is 0.444. The van der Waals surface area contributed by atoms with Crippen LogP contribution in [0, 0.1) is 5.41 Å². The highest BCUT2D eigenvalue weighted by molar-refractivity contribution is 6.24. The number of aryl methyl sites for hydroxylation is 1. The molecular formula is C54H59N11O8. The van der Waals surface area contributed by atoms with Crippen molar-refractivity contribution in [2.24, 2.45) is 12.5 Å². The van der Waals surface area contributed by atoms with Crippen LogP contribution in [0.5, 0.6) is 5.75 Å². The molecule has 3 saturated heterocycles. The van der Waals surface area contributed by atoms with Gasteiger partial charge in [-0.2, -0.15) is 0 Å². The second-order valence-corrected chi connectivity index (χ2v) is 21.5. The van der Waals surface area contributed by atoms with Crippen molar-refractivity contribution in [1.29, 1.82) is 0 Å². The predicted molar refractivity (Wildman–Crippen MR) is 271 cm³/mol. The van der Waals surface area contributed by atoms with E-state index in [1.807, 2.05) is 24.4 Å². The molecule has 7 aliphatic rings. The third-order valence-electron chi connectivity index (χ3n) is 16.3. The summed E-state index contributed by atoms with van der Waals surface area (Å²) in [7, 11) is 1.69. The molecule has 3 fully saturated rings. The average molecular weight is 990 g/mol. The van der Waals surface area contributed by atoms with Crippen molar-refractivity contribution in [2.75, 3.05) is 59.3 Å². The molecule has 19 nitrogen and oxygen atoms in total. The number of benzene rings is 1. The van der Waals surface area contributed by atoms with Gasteiger partial charge in [0, 0.05) is 106 Å². The third-order valence-corrected chi connectivity index (χ3v) is 16.3. The van der Waals surface area contributed by atoms with Crippen molar-refractivity contribution in [3.05, 3.63) is 105 Å². The quantitative estimate of drug-likeness (QED) is 0.185. The lowest BCUT2D eigenvalue weighted by molar-refractivity contribution is -0.136. The monoisotopic (exact) mass is 989 g/mol. The van der Waals surface area contributed by atoms with Crippen LogP contribution in [0.4, 0.5) is 28.7 Å². The highest BCUT2D eigenvalue weighted by atomic mass is 16.5. The van der Waals surface area contributed by atoms with Crippen LogP contribution in [0.1, 0.15) is 101 Å². The Morgan fingerprint density at radius 2 is 1.67 bits per heavy atom. The van der Waals surface area contributed by atoms with Crippen LogP contribution in [0.15, 0.2) is 65.8 Å². The van der Waals surface area contributed by atoms with E-state index in [-0.39, 0.29) is 59.5 Å². The van der Waals surface area contributed by atoms with E-state index in [2.05, 4.69) is 55.7 Å². The summed E-state index contributed by atoms with van der Waals surface area (Å²) < 4.78 is 9.90. The number of fused-ring (bicyclic) bond motifs is 7. The number of hydrogen-bond acceptors (Lipinski definition) is 14. The molecule has 12 rings (SSSR count). The van der Waals surface area contributed by atoms with Crippen molar-refractivity contribution in [3.63, 3.8) is 0 Å². The smallest absolute Gasteiger partial charge is 0.276 e. The lowest BCUT2D eigenvalue weighted by Crippen LogP contribution is -2.58. The molecular weight excluding hydrogens is 931 g/mol. The Labute approximate surface area is 421 Å². The van der Waals surface area contributed by atoms with Crippen molar-refractivity contribution in [1.82, 2.24) is 34.2 Å². The summed E-state index contributed by atoms with van der Waals surface area (Å²) in [5.74, 6) is -0.777. The van der Waals surface area contributed by atoms with Crippen LogP contribution in [0.25, 0.3) is 11.1 Å². The molecule has 1 unspecified atom stereocenters. The second kappa shape index (κ2) is 17.7. The third kappa shape index (κ3) is 7.94. The summed E-state index contributed by atoms with van der Waals surface area (Å²) in [6.45, 7) is 11.2. The normalized spacial score (nSPS) is 23.6. The maximum absolute atomic E-state index is 14.0. The van der Waals surface area contributed by atoms with E-state index < -0.39 is 29.7 Å². The summed E-state index contributed by atoms with van der Waals surface area (Å²) in [4.78, 5) is 98.7. The second-order valence-electron chi connectivity index (χ2n) is 21.5. The summed E-state index contributed by atoms with van der Waals surface area (Å²) in [5.41, 5.74) is 7.45. The first-order valence-corrected chi connectivity index (χ1v) is 25.5. The van der Waals surface area contributed by atoms with Gasteiger partial charge in [0.25, 0.3) is 23.3 Å². The van der Waals surface area contributed by atoms with Gasteiger partial charge in [0.05, 0.1) is 41.9 Å². The van der Waals surface area contributed by atoms with Gasteiger partial charge in [-0.3, -0.25) is 48.8 Å². The van der Waals surface area contributed by atoms with Gasteiger partial charge in [0.1, 0.15) is 34.8 Å². The van der Waals surface area contributed by atoms with Gasteiger partial charge >= 0.3 is 0 Å². The molecule has 1 aromatic carbocycles. The lowest BCUT2D eigenvalue weighted by atomic mass is 9.90. The molecule has 4 aromatic heterocycles. The Morgan fingerprint density at radius 1 is 0.849 bits per heavy atom. The number of rotatable bonds is 8. The number of carbonyl (C=O) groups is 5. The fourth-order valence-corrected chi connectivity index (χ4v) is 12.8. The number of ether oxygens (including phenoxy) is 1. The summed E-state index contributed by atoms with van der Waals surface area (Å²) in [6, 6.07) is 12.6. The van der Waals surface area contributed by atoms with Crippen molar-refractivity contribution in [3.8, 4) is 16.9 Å². The summed E-state index contributed by atoms with van der Waals surface area (Å²) >= 11 is 0. The maximum Gasteiger partial charge on any atom is 0.276 e. The van der Waals surface area contributed by atoms with E-state index in [9.17, 15) is 33.9 Å². The van der Waals surface area contributed by atoms with Gasteiger partial charge in [-0.05, 0) is 98.0 Å². The highest BCUT2D eigenvalue weighted by Gasteiger charge is 2.47. The number of nitrogens with zero attached hydrogens (tertiary/aromatic N) is 9. The number of pyridine rings is 3. The van der Waals surface area contributed by atoms with Crippen LogP contribution in [0.2, 0.25) is 0 Å². The molecule has 73 heavy (non-hydrogen) atoms. The average Bonchev–Trinajstić information content (AvgIpc) is 3.90. The Morgan fingerprint density at radius 3 is 2.44 bits per heavy atom. The molecule has 378 valence electrons. The number of aromatic nitrogens is 4. The Hall–Kier alpha value is -7.38. The largest absolute Gasteiger partial charge is 0.491 e. The molecule has 1 aliphatic carbocycles. The van der Waals surface area contributed by atoms with Crippen molar-refractivity contribution >= 4 is 58.2 Å². The van der Waals surface area contributed by atoms with E-state index >= 15 is 0 Å². The molecule has 6 aliphatic heterocycles. The molecule has 0 spiro atoms. The predicted octanol–water partition coefficient (Wildman–Crippen LogP) is 4.40. The van der Waals surface area contributed by atoms with Crippen molar-refractivity contribution < 1.29 is 33.8 Å². The number of piperidine rings is 2. The van der Waals surface area contributed by atoms with E-state index in [0.29, 0.717) is 71.2 Å². The number of hydrogen-bond donors (Lipinski definition) is 3. The number of aliphatic hydroxyl groups is 1. The number of imide groups is 2. The van der Waals surface area contributed by atoms with Crippen LogP contribution in [-0.2, 0) is 42.6 Å². The molecule has 3 N–H and O–H groups in total. The summed E-state index contributed by atoms with van der Waals surface area (Å²) in [6.07, 6.45) is 9.86. The topological polar surface area (TPSA) is 208 Å². The molecule has 4 atom stereocenters. The minimum absolute atomic E-state index is 0.0603. The van der Waals surface area contributed by atoms with Gasteiger partial charge in [-0.25, -0.2) is 9.97 Å². The lowest BCUT2D eigenvalue weighted by Gasteiger charge is -2.48. The number of carbonyl (C=O) groups excluding carboxylic acids is 5. The van der Waals surface area contributed by atoms with Gasteiger partial charge in [0.15, 0.2) is 0 Å². The molecule has 5 amide bonds. The van der Waals surface area contributed by atoms with E-state index in [0.717, 1.165) is 74.6 Å². The fourth-order valence-electron chi connectivity index (χ4n) is 12.8. The zero-order valence-electron chi connectivity index (χ0n) is 41.5. The SMILES string of the molecule is C[C@@H]1CN([C@H]2CCN3c4cc5c(cc4OCC[C@@H]3C2)C(=O)N(C2CCC(=O)NC2=O)C5=O)CCN1c1ccc(Nc2cc(-c3ccnc(N4CCn5c(cc6c5CC(C)(C)C6)C4=O)c3CO)cn(C)c2=O)nc1. The van der Waals surface area contributed by atoms with Gasteiger partial charge in [0.2, 0.25) is 11.8 Å². The number of amides is 5. The zero-order chi connectivity index (χ0) is 50.6. The minimum atomic E-state index is -1.03. The number of nitrogens with one attached hydrogen (secondary N) is 2. The van der Waals surface area contributed by atoms with Crippen LogP contribution in [0.3, 0.4) is 0 Å². The van der Waals surface area contributed by atoms with Crippen LogP contribution < -0.4 is 35.6 Å². The number of aliphatic hydroxyl groups excluding tert-OH is 1. The van der Waals surface area contributed by atoms with E-state index in [1.54, 1.807) is 48.6 Å². The molecule has 19 heteroatoms. The first-order chi connectivity index (χ1) is 35.1. The van der Waals surface area contributed by atoms with E-state index in [1.165, 1.54) is 15.8 Å². The van der Waals surface area contributed by atoms with Gasteiger partial charge in [-0.15, -0.1) is 0 Å². The maximum atomic E-state index is 14.0. The highest BCUT2D eigenvalue weighted by Crippen LogP contribution is 2.44. The van der Waals surface area contributed by atoms with Crippen LogP contribution >= 0.6 is 0 Å². The first-order valence-electron chi connectivity index (χ1n) is 25.5. The molecule has 0 radical (unpaired) electrons. The summed E-state index contributed by atoms with van der Waals surface area (Å²) in [5, 5.41) is 16.3. The number of anilines is 5.